The van der Waals surface area contributed by atoms with Gasteiger partial charge in [0, 0.05) is 19.5 Å². The Labute approximate surface area is 177 Å². The van der Waals surface area contributed by atoms with Gasteiger partial charge in [0.05, 0.1) is 6.04 Å². The van der Waals surface area contributed by atoms with E-state index in [1.165, 1.54) is 4.90 Å². The van der Waals surface area contributed by atoms with Gasteiger partial charge in [0.2, 0.25) is 5.91 Å². The zero-order valence-corrected chi connectivity index (χ0v) is 17.3. The van der Waals surface area contributed by atoms with Crippen molar-refractivity contribution >= 4 is 36.5 Å². The number of amides is 2. The van der Waals surface area contributed by atoms with Crippen LogP contribution in [-0.4, -0.2) is 59.0 Å². The summed E-state index contributed by atoms with van der Waals surface area (Å²) in [6.07, 6.45) is 3.79. The fraction of sp³-hybridized carbons (Fsp3) is 0.500. The first-order chi connectivity index (χ1) is 13.4. The Balaban J connectivity index is 0.00000420. The Kier molecular flexibility index (Phi) is 10.3. The number of nitrogens with zero attached hydrogens (tertiary/aromatic N) is 2. The molecule has 1 aromatic rings. The Bertz CT molecular complexity index is 701. The molecule has 0 saturated carbocycles. The average Bonchev–Trinajstić information content (AvgIpc) is 3.19. The third-order valence-corrected chi connectivity index (χ3v) is 4.98. The van der Waals surface area contributed by atoms with Gasteiger partial charge < -0.3 is 21.2 Å². The lowest BCUT2D eigenvalue weighted by molar-refractivity contribution is -0.141. The normalized spacial score (nSPS) is 16.6. The van der Waals surface area contributed by atoms with Gasteiger partial charge in [-0.25, -0.2) is 0 Å². The van der Waals surface area contributed by atoms with Crippen LogP contribution in [0.2, 0.25) is 0 Å². The highest BCUT2D eigenvalue weighted by molar-refractivity contribution is 5.99. The largest absolute Gasteiger partial charge is 0.370 e. The summed E-state index contributed by atoms with van der Waals surface area (Å²) in [4.78, 5) is 39.0. The van der Waals surface area contributed by atoms with E-state index >= 15 is 0 Å². The molecule has 0 bridgehead atoms. The van der Waals surface area contributed by atoms with E-state index in [9.17, 15) is 14.4 Å². The first-order valence-electron chi connectivity index (χ1n) is 9.63. The van der Waals surface area contributed by atoms with E-state index in [2.05, 4.69) is 0 Å². The predicted molar refractivity (Wildman–Crippen MR) is 114 cm³/mol. The van der Waals surface area contributed by atoms with Gasteiger partial charge >= 0.3 is 0 Å². The average molecular weight is 424 g/mol. The van der Waals surface area contributed by atoms with Gasteiger partial charge in [-0.15, -0.1) is 12.4 Å². The number of hydrogen-bond donors (Lipinski definition) is 3. The SMILES string of the molecule is Cl.N=C(N)N(CCC[C@H](N)C=O)C(=O)[C@@H]1CCCN1C(=O)CCc1ccccc1. The van der Waals surface area contributed by atoms with E-state index in [-0.39, 0.29) is 36.7 Å². The van der Waals surface area contributed by atoms with Gasteiger partial charge in [-0.3, -0.25) is 19.9 Å². The van der Waals surface area contributed by atoms with Gasteiger partial charge in [-0.1, -0.05) is 30.3 Å². The van der Waals surface area contributed by atoms with Crippen molar-refractivity contribution in [1.82, 2.24) is 9.80 Å². The van der Waals surface area contributed by atoms with Gasteiger partial charge in [0.15, 0.2) is 5.96 Å². The molecule has 2 rings (SSSR count). The van der Waals surface area contributed by atoms with Crippen molar-refractivity contribution in [2.45, 2.75) is 50.6 Å². The molecule has 5 N–H and O–H groups in total. The van der Waals surface area contributed by atoms with Crippen molar-refractivity contribution in [3.8, 4) is 0 Å². The van der Waals surface area contributed by atoms with Gasteiger partial charge in [0.25, 0.3) is 5.91 Å². The number of halogens is 1. The summed E-state index contributed by atoms with van der Waals surface area (Å²) in [6.45, 7) is 0.740. The molecule has 1 aromatic carbocycles. The molecule has 0 radical (unpaired) electrons. The van der Waals surface area contributed by atoms with E-state index in [0.717, 1.165) is 12.0 Å². The van der Waals surface area contributed by atoms with Crippen LogP contribution in [0.5, 0.6) is 0 Å². The van der Waals surface area contributed by atoms with Crippen LogP contribution >= 0.6 is 12.4 Å². The van der Waals surface area contributed by atoms with Crippen molar-refractivity contribution in [1.29, 1.82) is 5.41 Å². The summed E-state index contributed by atoms with van der Waals surface area (Å²) in [7, 11) is 0. The molecule has 1 heterocycles. The Morgan fingerprint density at radius 2 is 2.00 bits per heavy atom. The number of rotatable bonds is 9. The molecule has 2 amide bonds. The Morgan fingerprint density at radius 1 is 1.31 bits per heavy atom. The minimum atomic E-state index is -0.591. The monoisotopic (exact) mass is 423 g/mol. The van der Waals surface area contributed by atoms with E-state index < -0.39 is 12.1 Å². The van der Waals surface area contributed by atoms with Gasteiger partial charge in [-0.05, 0) is 37.7 Å². The molecule has 2 atom stereocenters. The zero-order chi connectivity index (χ0) is 20.5. The number of aldehydes is 1. The molecule has 0 aliphatic carbocycles. The van der Waals surface area contributed by atoms with Crippen LogP contribution < -0.4 is 11.5 Å². The number of nitrogens with two attached hydrogens (primary N) is 2. The van der Waals surface area contributed by atoms with Crippen LogP contribution in [0.1, 0.15) is 37.7 Å². The second-order valence-electron chi connectivity index (χ2n) is 7.05. The predicted octanol–water partition coefficient (Wildman–Crippen LogP) is 1.06. The molecule has 1 aliphatic rings. The van der Waals surface area contributed by atoms with Crippen LogP contribution in [0.15, 0.2) is 30.3 Å². The van der Waals surface area contributed by atoms with Crippen molar-refractivity contribution in [3.05, 3.63) is 35.9 Å². The van der Waals surface area contributed by atoms with E-state index in [1.54, 1.807) is 4.90 Å². The summed E-state index contributed by atoms with van der Waals surface area (Å²) in [5, 5.41) is 7.72. The summed E-state index contributed by atoms with van der Waals surface area (Å²) in [6, 6.07) is 8.56. The fourth-order valence-corrected chi connectivity index (χ4v) is 3.44. The fourth-order valence-electron chi connectivity index (χ4n) is 3.44. The maximum atomic E-state index is 12.9. The molecule has 29 heavy (non-hydrogen) atoms. The molecule has 160 valence electrons. The second-order valence-corrected chi connectivity index (χ2v) is 7.05. The highest BCUT2D eigenvalue weighted by Crippen LogP contribution is 2.21. The van der Waals surface area contributed by atoms with Crippen LogP contribution in [-0.2, 0) is 20.8 Å². The van der Waals surface area contributed by atoms with E-state index in [4.69, 9.17) is 16.9 Å². The molecule has 0 spiro atoms. The number of guanidine groups is 1. The summed E-state index contributed by atoms with van der Waals surface area (Å²) >= 11 is 0. The molecule has 1 saturated heterocycles. The second kappa shape index (κ2) is 12.2. The zero-order valence-electron chi connectivity index (χ0n) is 16.5. The number of benzene rings is 1. The van der Waals surface area contributed by atoms with E-state index in [1.807, 2.05) is 30.3 Å². The summed E-state index contributed by atoms with van der Waals surface area (Å²) < 4.78 is 0. The number of carbonyl (C=O) groups excluding carboxylic acids is 3. The van der Waals surface area contributed by atoms with Crippen molar-refractivity contribution in [2.75, 3.05) is 13.1 Å². The van der Waals surface area contributed by atoms with Crippen LogP contribution in [0.25, 0.3) is 0 Å². The van der Waals surface area contributed by atoms with Gasteiger partial charge in [-0.2, -0.15) is 0 Å². The lowest BCUT2D eigenvalue weighted by Gasteiger charge is -2.29. The number of aryl methyl sites for hydroxylation is 1. The molecule has 1 aliphatic heterocycles. The minimum absolute atomic E-state index is 0. The maximum Gasteiger partial charge on any atom is 0.252 e. The highest BCUT2D eigenvalue weighted by Gasteiger charge is 2.36. The quantitative estimate of drug-likeness (QED) is 0.310. The lowest BCUT2D eigenvalue weighted by Crippen LogP contribution is -2.52. The van der Waals surface area contributed by atoms with Crippen LogP contribution in [0.3, 0.4) is 0 Å². The molecular formula is C20H30ClN5O3. The molecule has 0 unspecified atom stereocenters. The molecule has 1 fully saturated rings. The Morgan fingerprint density at radius 3 is 2.62 bits per heavy atom. The topological polar surface area (TPSA) is 134 Å². The number of likely N-dealkylation sites (tertiary alicyclic amines) is 1. The van der Waals surface area contributed by atoms with Crippen LogP contribution in [0.4, 0.5) is 0 Å². The highest BCUT2D eigenvalue weighted by atomic mass is 35.5. The van der Waals surface area contributed by atoms with Crippen molar-refractivity contribution in [2.24, 2.45) is 11.5 Å². The molecular weight excluding hydrogens is 394 g/mol. The standard InChI is InChI=1S/C20H29N5O3.ClH/c21-16(14-26)8-4-13-25(20(22)23)19(28)17-9-5-12-24(17)18(27)11-10-15-6-2-1-3-7-15;/h1-3,6-7,14,16-17H,4-5,8-13,21H2,(H3,22,23);1H/t16-,17-;/m0./s1. The third-order valence-electron chi connectivity index (χ3n) is 4.98. The number of hydrogen-bond acceptors (Lipinski definition) is 5. The maximum absolute atomic E-state index is 12.9. The summed E-state index contributed by atoms with van der Waals surface area (Å²) in [5.74, 6) is -0.753. The van der Waals surface area contributed by atoms with Crippen molar-refractivity contribution in [3.63, 3.8) is 0 Å². The third kappa shape index (κ3) is 7.14. The molecule has 8 nitrogen and oxygen atoms in total. The number of nitrogens with one attached hydrogen (secondary N) is 1. The summed E-state index contributed by atoms with van der Waals surface area (Å²) in [5.41, 5.74) is 12.2. The smallest absolute Gasteiger partial charge is 0.252 e. The number of carbonyl (C=O) groups is 3. The van der Waals surface area contributed by atoms with Crippen LogP contribution in [0, 0.1) is 5.41 Å². The first kappa shape index (κ1) is 24.6. The molecule has 9 heteroatoms. The van der Waals surface area contributed by atoms with E-state index in [0.29, 0.717) is 44.9 Å². The molecule has 0 aromatic heterocycles. The first-order valence-corrected chi connectivity index (χ1v) is 9.63. The van der Waals surface area contributed by atoms with Crippen molar-refractivity contribution < 1.29 is 14.4 Å². The lowest BCUT2D eigenvalue weighted by atomic mass is 10.1. The minimum Gasteiger partial charge on any atom is -0.370 e. The van der Waals surface area contributed by atoms with Gasteiger partial charge in [0.1, 0.15) is 12.3 Å². The Hall–Kier alpha value is -2.45.